The lowest BCUT2D eigenvalue weighted by molar-refractivity contribution is -0.141. The first-order valence-corrected chi connectivity index (χ1v) is 9.70. The molecule has 0 aromatic rings. The van der Waals surface area contributed by atoms with Crippen molar-refractivity contribution >= 4 is 48.6 Å². The third kappa shape index (κ3) is 7.44. The molecule has 0 radical (unpaired) electrons. The molecule has 0 unspecified atom stereocenters. The van der Waals surface area contributed by atoms with Gasteiger partial charge in [0.1, 0.15) is 17.4 Å². The lowest BCUT2D eigenvalue weighted by Crippen LogP contribution is -2.67. The molecule has 2 aliphatic rings. The maximum atomic E-state index is 13.3. The highest BCUT2D eigenvalue weighted by molar-refractivity contribution is 6.20. The largest absolute Gasteiger partial charge is 0.412 e. The summed E-state index contributed by atoms with van der Waals surface area (Å²) in [7, 11) is 0. The number of nitrogens with zero attached hydrogens (tertiary/aromatic N) is 2. The summed E-state index contributed by atoms with van der Waals surface area (Å²) in [6.45, 7) is 2.75. The van der Waals surface area contributed by atoms with E-state index in [1.807, 2.05) is 0 Å². The van der Waals surface area contributed by atoms with Gasteiger partial charge < -0.3 is 27.5 Å². The van der Waals surface area contributed by atoms with Crippen LogP contribution in [0.15, 0.2) is 4.99 Å². The molecule has 2 atom stereocenters. The third-order valence-electron chi connectivity index (χ3n) is 5.51. The molecule has 2 heterocycles. The van der Waals surface area contributed by atoms with Gasteiger partial charge in [-0.2, -0.15) is 0 Å². The summed E-state index contributed by atoms with van der Waals surface area (Å²) >= 11 is 0. The van der Waals surface area contributed by atoms with Crippen molar-refractivity contribution in [2.45, 2.75) is 56.0 Å². The zero-order valence-corrected chi connectivity index (χ0v) is 18.9. The van der Waals surface area contributed by atoms with Gasteiger partial charge >= 0.3 is 0 Å². The highest BCUT2D eigenvalue weighted by Gasteiger charge is 2.54. The number of aldehydes is 1. The molecule has 2 fully saturated rings. The van der Waals surface area contributed by atoms with Gasteiger partial charge in [0.2, 0.25) is 0 Å². The molecule has 2 saturated heterocycles. The predicted octanol–water partition coefficient (Wildman–Crippen LogP) is -1.30. The van der Waals surface area contributed by atoms with Crippen molar-refractivity contribution < 1.29 is 19.9 Å². The number of halogens is 2. The maximum Gasteiger partial charge on any atom is 0.187 e. The second-order valence-corrected chi connectivity index (χ2v) is 7.59. The van der Waals surface area contributed by atoms with Crippen molar-refractivity contribution in [3.63, 3.8) is 0 Å². The predicted molar refractivity (Wildman–Crippen MR) is 121 cm³/mol. The average Bonchev–Trinajstić information content (AvgIpc) is 3.16. The van der Waals surface area contributed by atoms with Gasteiger partial charge in [-0.3, -0.25) is 24.8 Å². The number of nitrogens with one attached hydrogen (secondary N) is 1. The Kier molecular flexibility index (Phi) is 14.3. The van der Waals surface area contributed by atoms with Gasteiger partial charge in [0.05, 0.1) is 6.54 Å². The van der Waals surface area contributed by atoms with Gasteiger partial charge in [0.25, 0.3) is 0 Å². The Morgan fingerprint density at radius 2 is 1.77 bits per heavy atom. The van der Waals surface area contributed by atoms with Gasteiger partial charge in [-0.25, -0.2) is 0 Å². The number of nitrogens with two attached hydrogens (primary N) is 3. The van der Waals surface area contributed by atoms with Crippen LogP contribution in [0.25, 0.3) is 0 Å². The van der Waals surface area contributed by atoms with Crippen LogP contribution in [-0.2, 0) is 14.4 Å². The molecule has 9 N–H and O–H groups in total. The van der Waals surface area contributed by atoms with Crippen molar-refractivity contribution in [3.8, 4) is 0 Å². The minimum Gasteiger partial charge on any atom is -0.412 e. The van der Waals surface area contributed by atoms with Crippen LogP contribution in [0, 0.1) is 0 Å². The third-order valence-corrected chi connectivity index (χ3v) is 5.51. The summed E-state index contributed by atoms with van der Waals surface area (Å²) in [5.41, 5.74) is 13.6. The molecule has 0 aromatic heterocycles. The van der Waals surface area contributed by atoms with E-state index in [4.69, 9.17) is 17.2 Å². The second kappa shape index (κ2) is 13.9. The molecule has 2 rings (SSSR count). The van der Waals surface area contributed by atoms with Crippen LogP contribution in [0.1, 0.15) is 44.9 Å². The highest BCUT2D eigenvalue weighted by Crippen LogP contribution is 2.28. The number of rotatable bonds is 10. The van der Waals surface area contributed by atoms with Crippen molar-refractivity contribution in [3.05, 3.63) is 0 Å². The smallest absolute Gasteiger partial charge is 0.187 e. The zero-order chi connectivity index (χ0) is 19.9. The Labute approximate surface area is 189 Å². The standard InChI is InChI=1S/C18H32N6O3.2ClH.H2O/c19-16(20)22-8-4-6-17(21,13-25)15(27)18(7-5-9-23-18)14(26)12-24-10-2-1-3-11-24;;;/h13,23H,1-12,21H2,(H4,19,20,22);2*1H;1H2/t17-,18+;;;/m0.../s1. The Morgan fingerprint density at radius 3 is 2.27 bits per heavy atom. The van der Waals surface area contributed by atoms with Crippen LogP contribution in [0.3, 0.4) is 0 Å². The molecular formula is C18H36Cl2N6O4. The van der Waals surface area contributed by atoms with Crippen molar-refractivity contribution in [1.29, 1.82) is 0 Å². The van der Waals surface area contributed by atoms with E-state index in [1.165, 1.54) is 6.42 Å². The lowest BCUT2D eigenvalue weighted by atomic mass is 9.75. The summed E-state index contributed by atoms with van der Waals surface area (Å²) in [6.07, 6.45) is 5.27. The number of guanidine groups is 1. The number of Topliss-reactive ketones (excluding diaryl/α,β-unsaturated/α-hetero) is 2. The van der Waals surface area contributed by atoms with Gasteiger partial charge in [-0.15, -0.1) is 24.8 Å². The van der Waals surface area contributed by atoms with E-state index in [0.29, 0.717) is 32.1 Å². The van der Waals surface area contributed by atoms with Gasteiger partial charge in [0.15, 0.2) is 17.5 Å². The van der Waals surface area contributed by atoms with Crippen molar-refractivity contribution in [2.24, 2.45) is 22.2 Å². The minimum absolute atomic E-state index is 0. The summed E-state index contributed by atoms with van der Waals surface area (Å²) in [5, 5.41) is 3.08. The topological polar surface area (TPSA) is 188 Å². The Balaban J connectivity index is 0. The Hall–Kier alpha value is -1.30. The molecule has 2 aliphatic heterocycles. The monoisotopic (exact) mass is 470 g/mol. The number of likely N-dealkylation sites (tertiary alicyclic amines) is 1. The summed E-state index contributed by atoms with van der Waals surface area (Å²) in [5.74, 6) is -0.775. The molecular weight excluding hydrogens is 435 g/mol. The van der Waals surface area contributed by atoms with E-state index in [-0.39, 0.29) is 61.5 Å². The average molecular weight is 471 g/mol. The van der Waals surface area contributed by atoms with Crippen molar-refractivity contribution in [1.82, 2.24) is 10.2 Å². The van der Waals surface area contributed by atoms with Crippen molar-refractivity contribution in [2.75, 3.05) is 32.7 Å². The normalized spacial score (nSPS) is 23.0. The Morgan fingerprint density at radius 1 is 1.13 bits per heavy atom. The maximum absolute atomic E-state index is 13.3. The number of aliphatic imine (C=N–C) groups is 1. The van der Waals surface area contributed by atoms with Crippen LogP contribution in [-0.4, -0.2) is 78.0 Å². The van der Waals surface area contributed by atoms with Crippen LogP contribution in [0.2, 0.25) is 0 Å². The second-order valence-electron chi connectivity index (χ2n) is 7.59. The fourth-order valence-corrected chi connectivity index (χ4v) is 3.96. The lowest BCUT2D eigenvalue weighted by Gasteiger charge is -2.36. The van der Waals surface area contributed by atoms with E-state index in [0.717, 1.165) is 25.9 Å². The minimum atomic E-state index is -1.73. The van der Waals surface area contributed by atoms with Gasteiger partial charge in [-0.1, -0.05) is 6.42 Å². The first-order valence-electron chi connectivity index (χ1n) is 9.70. The fourth-order valence-electron chi connectivity index (χ4n) is 3.96. The van der Waals surface area contributed by atoms with Crippen LogP contribution >= 0.6 is 24.8 Å². The zero-order valence-electron chi connectivity index (χ0n) is 17.2. The molecule has 12 heteroatoms. The summed E-state index contributed by atoms with van der Waals surface area (Å²) in [4.78, 5) is 44.1. The summed E-state index contributed by atoms with van der Waals surface area (Å²) in [6, 6.07) is 0. The molecule has 0 aliphatic carbocycles. The molecule has 0 saturated carbocycles. The van der Waals surface area contributed by atoms with Crippen LogP contribution in [0.5, 0.6) is 0 Å². The number of hydrogen-bond acceptors (Lipinski definition) is 7. The SMILES string of the molecule is Cl.Cl.NC(N)=NCCC[C@](N)(C=O)C(=O)[C@]1(C(=O)CN2CCCCC2)CCCN1.O. The van der Waals surface area contributed by atoms with E-state index >= 15 is 0 Å². The fraction of sp³-hybridized carbons (Fsp3) is 0.778. The number of ketones is 2. The number of carbonyl (C=O) groups excluding carboxylic acids is 3. The first kappa shape index (κ1) is 30.9. The summed E-state index contributed by atoms with van der Waals surface area (Å²) < 4.78 is 0. The molecule has 0 bridgehead atoms. The molecule has 10 nitrogen and oxygen atoms in total. The molecule has 0 aromatic carbocycles. The van der Waals surface area contributed by atoms with E-state index in [1.54, 1.807) is 0 Å². The van der Waals surface area contributed by atoms with Crippen LogP contribution in [0.4, 0.5) is 0 Å². The molecule has 176 valence electrons. The van der Waals surface area contributed by atoms with Gasteiger partial charge in [0, 0.05) is 6.54 Å². The van der Waals surface area contributed by atoms with Gasteiger partial charge in [-0.05, 0) is 58.2 Å². The molecule has 30 heavy (non-hydrogen) atoms. The number of carbonyl (C=O) groups is 3. The molecule has 0 spiro atoms. The van der Waals surface area contributed by atoms with Crippen LogP contribution < -0.4 is 22.5 Å². The number of piperidine rings is 1. The van der Waals surface area contributed by atoms with E-state index < -0.39 is 16.9 Å². The molecule has 0 amide bonds. The quantitative estimate of drug-likeness (QED) is 0.0994. The highest BCUT2D eigenvalue weighted by atomic mass is 35.5. The Bertz CT molecular complexity index is 591. The number of hydrogen-bond donors (Lipinski definition) is 4. The first-order chi connectivity index (χ1) is 12.8. The van der Waals surface area contributed by atoms with E-state index in [2.05, 4.69) is 15.2 Å². The van der Waals surface area contributed by atoms with E-state index in [9.17, 15) is 14.4 Å².